The standard InChI is InChI=1S/C12H16ClNO4S/c1-8(2)11(12(15)16)14-19(17,18)7-9-5-3-4-6-10(9)13/h3-6,8,11,14H,7H2,1-2H3,(H,15,16)/t11-/m0/s1. The molecule has 0 aliphatic heterocycles. The van der Waals surface area contributed by atoms with E-state index in [9.17, 15) is 13.2 Å². The molecule has 0 fully saturated rings. The van der Waals surface area contributed by atoms with Gasteiger partial charge in [-0.25, -0.2) is 13.1 Å². The second-order valence-corrected chi connectivity index (χ2v) is 6.69. The van der Waals surface area contributed by atoms with E-state index in [2.05, 4.69) is 4.72 Å². The van der Waals surface area contributed by atoms with Gasteiger partial charge in [-0.2, -0.15) is 0 Å². The first-order valence-electron chi connectivity index (χ1n) is 5.69. The van der Waals surface area contributed by atoms with Crippen LogP contribution < -0.4 is 4.72 Å². The number of sulfonamides is 1. The van der Waals surface area contributed by atoms with E-state index < -0.39 is 22.0 Å². The monoisotopic (exact) mass is 305 g/mol. The molecular formula is C12H16ClNO4S. The van der Waals surface area contributed by atoms with Gasteiger partial charge in [0.05, 0.1) is 5.75 Å². The van der Waals surface area contributed by atoms with E-state index in [1.165, 1.54) is 0 Å². The largest absolute Gasteiger partial charge is 0.480 e. The van der Waals surface area contributed by atoms with Gasteiger partial charge in [0, 0.05) is 5.02 Å². The van der Waals surface area contributed by atoms with E-state index in [-0.39, 0.29) is 11.7 Å². The van der Waals surface area contributed by atoms with Crippen LogP contribution in [-0.4, -0.2) is 25.5 Å². The number of halogens is 1. The SMILES string of the molecule is CC(C)[C@H](NS(=O)(=O)Cc1ccccc1Cl)C(=O)O. The molecule has 0 spiro atoms. The first-order valence-corrected chi connectivity index (χ1v) is 7.72. The zero-order chi connectivity index (χ0) is 14.6. The summed E-state index contributed by atoms with van der Waals surface area (Å²) >= 11 is 5.88. The Hall–Kier alpha value is -1.11. The summed E-state index contributed by atoms with van der Waals surface area (Å²) in [7, 11) is -3.76. The maximum absolute atomic E-state index is 11.9. The summed E-state index contributed by atoms with van der Waals surface area (Å²) in [6, 6.07) is 5.40. The Morgan fingerprint density at radius 1 is 1.37 bits per heavy atom. The zero-order valence-electron chi connectivity index (χ0n) is 10.6. The first kappa shape index (κ1) is 15.9. The van der Waals surface area contributed by atoms with Crippen LogP contribution in [0.5, 0.6) is 0 Å². The van der Waals surface area contributed by atoms with Crippen molar-refractivity contribution in [1.29, 1.82) is 0 Å². The Labute approximate surface area is 117 Å². The van der Waals surface area contributed by atoms with Gasteiger partial charge >= 0.3 is 5.97 Å². The van der Waals surface area contributed by atoms with Crippen molar-refractivity contribution < 1.29 is 18.3 Å². The van der Waals surface area contributed by atoms with Crippen molar-refractivity contribution in [1.82, 2.24) is 4.72 Å². The number of hydrogen-bond acceptors (Lipinski definition) is 3. The molecule has 0 saturated heterocycles. The van der Waals surface area contributed by atoms with Crippen LogP contribution in [-0.2, 0) is 20.6 Å². The molecular weight excluding hydrogens is 290 g/mol. The third kappa shape index (κ3) is 4.81. The summed E-state index contributed by atoms with van der Waals surface area (Å²) in [5.74, 6) is -1.89. The molecule has 19 heavy (non-hydrogen) atoms. The Kier molecular flexibility index (Phi) is 5.34. The van der Waals surface area contributed by atoms with E-state index in [1.54, 1.807) is 38.1 Å². The van der Waals surface area contributed by atoms with Gasteiger partial charge in [0.2, 0.25) is 10.0 Å². The number of rotatable bonds is 6. The van der Waals surface area contributed by atoms with Crippen LogP contribution >= 0.6 is 11.6 Å². The lowest BCUT2D eigenvalue weighted by Crippen LogP contribution is -2.44. The molecule has 0 aromatic heterocycles. The van der Waals surface area contributed by atoms with Crippen molar-refractivity contribution in [3.8, 4) is 0 Å². The average Bonchev–Trinajstić information content (AvgIpc) is 2.28. The highest BCUT2D eigenvalue weighted by Crippen LogP contribution is 2.17. The van der Waals surface area contributed by atoms with E-state index in [0.29, 0.717) is 10.6 Å². The maximum Gasteiger partial charge on any atom is 0.321 e. The molecule has 0 bridgehead atoms. The minimum absolute atomic E-state index is 0.337. The molecule has 0 heterocycles. The van der Waals surface area contributed by atoms with E-state index >= 15 is 0 Å². The number of aliphatic carboxylic acids is 1. The Morgan fingerprint density at radius 3 is 2.42 bits per heavy atom. The third-order valence-corrected chi connectivity index (χ3v) is 4.22. The topological polar surface area (TPSA) is 83.5 Å². The fraction of sp³-hybridized carbons (Fsp3) is 0.417. The first-order chi connectivity index (χ1) is 8.73. The molecule has 0 radical (unpaired) electrons. The summed E-state index contributed by atoms with van der Waals surface area (Å²) in [5.41, 5.74) is 0.435. The fourth-order valence-electron chi connectivity index (χ4n) is 1.53. The van der Waals surface area contributed by atoms with Crippen LogP contribution in [0.25, 0.3) is 0 Å². The summed E-state index contributed by atoms with van der Waals surface area (Å²) in [4.78, 5) is 11.0. The van der Waals surface area contributed by atoms with Crippen molar-refractivity contribution in [3.05, 3.63) is 34.9 Å². The molecule has 106 valence electrons. The Balaban J connectivity index is 2.88. The highest BCUT2D eigenvalue weighted by molar-refractivity contribution is 7.88. The minimum Gasteiger partial charge on any atom is -0.480 e. The van der Waals surface area contributed by atoms with Gasteiger partial charge < -0.3 is 5.11 Å². The molecule has 0 aliphatic carbocycles. The fourth-order valence-corrected chi connectivity index (χ4v) is 3.31. The summed E-state index contributed by atoms with van der Waals surface area (Å²) in [6.07, 6.45) is 0. The zero-order valence-corrected chi connectivity index (χ0v) is 12.2. The van der Waals surface area contributed by atoms with Gasteiger partial charge in [-0.1, -0.05) is 43.6 Å². The number of hydrogen-bond donors (Lipinski definition) is 2. The van der Waals surface area contributed by atoms with E-state index in [1.807, 2.05) is 0 Å². The van der Waals surface area contributed by atoms with Crippen LogP contribution in [0, 0.1) is 5.92 Å². The number of carboxylic acid groups (broad SMARTS) is 1. The summed E-state index contributed by atoms with van der Waals surface area (Å²) < 4.78 is 26.1. The number of nitrogens with one attached hydrogen (secondary N) is 1. The van der Waals surface area contributed by atoms with Crippen molar-refractivity contribution in [2.75, 3.05) is 0 Å². The maximum atomic E-state index is 11.9. The van der Waals surface area contributed by atoms with E-state index in [0.717, 1.165) is 0 Å². The van der Waals surface area contributed by atoms with Gasteiger partial charge in [-0.15, -0.1) is 0 Å². The number of carbonyl (C=O) groups is 1. The molecule has 0 unspecified atom stereocenters. The highest BCUT2D eigenvalue weighted by Gasteiger charge is 2.27. The van der Waals surface area contributed by atoms with Gasteiger partial charge in [0.15, 0.2) is 0 Å². The normalized spacial score (nSPS) is 13.5. The third-order valence-electron chi connectivity index (χ3n) is 2.54. The van der Waals surface area contributed by atoms with Gasteiger partial charge in [-0.05, 0) is 17.5 Å². The molecule has 1 atom stereocenters. The Bertz CT molecular complexity index is 557. The van der Waals surface area contributed by atoms with Crippen LogP contribution in [0.15, 0.2) is 24.3 Å². The molecule has 7 heteroatoms. The van der Waals surface area contributed by atoms with Gasteiger partial charge in [0.25, 0.3) is 0 Å². The van der Waals surface area contributed by atoms with Crippen LogP contribution in [0.4, 0.5) is 0 Å². The van der Waals surface area contributed by atoms with Gasteiger partial charge in [-0.3, -0.25) is 4.79 Å². The predicted molar refractivity (Wildman–Crippen MR) is 73.5 cm³/mol. The predicted octanol–water partition coefficient (Wildman–Crippen LogP) is 1.87. The van der Waals surface area contributed by atoms with Crippen molar-refractivity contribution in [2.45, 2.75) is 25.6 Å². The minimum atomic E-state index is -3.76. The van der Waals surface area contributed by atoms with Crippen LogP contribution in [0.1, 0.15) is 19.4 Å². The quantitative estimate of drug-likeness (QED) is 0.840. The Morgan fingerprint density at radius 2 is 1.95 bits per heavy atom. The summed E-state index contributed by atoms with van der Waals surface area (Å²) in [5, 5.41) is 9.31. The lowest BCUT2D eigenvalue weighted by Gasteiger charge is -2.18. The van der Waals surface area contributed by atoms with Gasteiger partial charge in [0.1, 0.15) is 6.04 Å². The molecule has 1 rings (SSSR count). The number of carboxylic acids is 1. The lowest BCUT2D eigenvalue weighted by molar-refractivity contribution is -0.140. The molecule has 1 aromatic carbocycles. The molecule has 0 amide bonds. The van der Waals surface area contributed by atoms with Crippen molar-refractivity contribution in [2.24, 2.45) is 5.92 Å². The van der Waals surface area contributed by atoms with Crippen molar-refractivity contribution >= 4 is 27.6 Å². The molecule has 5 nitrogen and oxygen atoms in total. The highest BCUT2D eigenvalue weighted by atomic mass is 35.5. The second kappa shape index (κ2) is 6.36. The number of benzene rings is 1. The van der Waals surface area contributed by atoms with Crippen LogP contribution in [0.2, 0.25) is 5.02 Å². The second-order valence-electron chi connectivity index (χ2n) is 4.53. The van der Waals surface area contributed by atoms with Crippen LogP contribution in [0.3, 0.4) is 0 Å². The molecule has 2 N–H and O–H groups in total. The smallest absolute Gasteiger partial charge is 0.321 e. The average molecular weight is 306 g/mol. The summed E-state index contributed by atoms with van der Waals surface area (Å²) in [6.45, 7) is 3.27. The van der Waals surface area contributed by atoms with Crippen molar-refractivity contribution in [3.63, 3.8) is 0 Å². The lowest BCUT2D eigenvalue weighted by atomic mass is 10.1. The van der Waals surface area contributed by atoms with E-state index in [4.69, 9.17) is 16.7 Å². The molecule has 1 aromatic rings. The molecule has 0 saturated carbocycles. The molecule has 0 aliphatic rings.